The molecule has 0 amide bonds. The van der Waals surface area contributed by atoms with Crippen LogP contribution in [0.5, 0.6) is 0 Å². The minimum atomic E-state index is -6.13. The topological polar surface area (TPSA) is 487 Å². The molecule has 0 aliphatic carbocycles. The number of rotatable bonds is 18. The summed E-state index contributed by atoms with van der Waals surface area (Å²) in [6.45, 7) is -2.24. The number of fused-ring (bicyclic) bond motifs is 2. The van der Waals surface area contributed by atoms with Crippen LogP contribution in [0.2, 0.25) is 0 Å². The Balaban J connectivity index is 1.10. The highest BCUT2D eigenvalue weighted by molar-refractivity contribution is 7.67. The molecule has 0 bridgehead atoms. The van der Waals surface area contributed by atoms with Crippen molar-refractivity contribution in [3.05, 3.63) is 25.3 Å². The number of nitrogen functional groups attached to an aromatic ring is 2. The Bertz CT molecular complexity index is 2500. The number of aliphatic hydroxyl groups is 1. The van der Waals surface area contributed by atoms with Crippen molar-refractivity contribution in [2.45, 2.75) is 49.7 Å². The van der Waals surface area contributed by atoms with Gasteiger partial charge in [0.05, 0.1) is 32.0 Å². The van der Waals surface area contributed by atoms with Gasteiger partial charge in [0, 0.05) is 12.8 Å². The summed E-state index contributed by atoms with van der Waals surface area (Å²) in [5.74, 6) is -0.0445. The van der Waals surface area contributed by atoms with Gasteiger partial charge in [-0.2, -0.15) is 17.2 Å². The van der Waals surface area contributed by atoms with E-state index in [1.54, 1.807) is 0 Å². The number of nitrogens with two attached hydrogens (primary N) is 2. The van der Waals surface area contributed by atoms with Gasteiger partial charge in [-0.05, 0) is 0 Å². The number of hydrogen-bond donors (Lipinski definition) is 10. The smallest absolute Gasteiger partial charge is 0.390 e. The standard InChI is InChI=1S/C20H30N10O23P6/c21-17-15-19(25-5-23-17)29(7-27-15)13-1-9(31)11(47-13)3-45-55(35,36)52-59(43,44)53-57(39,40)49-10-2-14(30-8-28-16-18(22)24-6-26-20(16)30)48-12(10)4-46-56(37,38)51-58(41,42)50-54(32,33)34/h5-14,31H,1-4H2,(H,35,36)(H,37,38)(H,39,40)(H,41,42)(H,43,44)(H2,21,23,25)(H2,22,24,26)(H2,32,33,34)/t9-,10-,11+,12+,13+,14+/m0/s1. The molecule has 0 radical (unpaired) electrons. The lowest BCUT2D eigenvalue weighted by molar-refractivity contribution is -0.0429. The van der Waals surface area contributed by atoms with E-state index >= 15 is 0 Å². The summed E-state index contributed by atoms with van der Waals surface area (Å²) < 4.78 is 117. The van der Waals surface area contributed by atoms with E-state index in [-0.39, 0.29) is 40.4 Å². The number of phosphoric acid groups is 6. The number of hydrogen-bond acceptors (Lipinski definition) is 24. The van der Waals surface area contributed by atoms with Gasteiger partial charge in [0.15, 0.2) is 22.9 Å². The zero-order valence-corrected chi connectivity index (χ0v) is 34.1. The van der Waals surface area contributed by atoms with Crippen molar-refractivity contribution < 1.29 is 107 Å². The van der Waals surface area contributed by atoms with Gasteiger partial charge >= 0.3 is 46.9 Å². The minimum Gasteiger partial charge on any atom is -0.390 e. The molecule has 12 N–H and O–H groups in total. The van der Waals surface area contributed by atoms with E-state index < -0.39 is 103 Å². The molecule has 5 unspecified atom stereocenters. The molecule has 2 aliphatic rings. The van der Waals surface area contributed by atoms with Gasteiger partial charge in [0.1, 0.15) is 54.5 Å². The van der Waals surface area contributed by atoms with Crippen molar-refractivity contribution in [2.24, 2.45) is 0 Å². The van der Waals surface area contributed by atoms with E-state index in [0.29, 0.717) is 0 Å². The molecule has 2 saturated heterocycles. The molecule has 11 atom stereocenters. The first kappa shape index (κ1) is 45.9. The number of anilines is 2. The van der Waals surface area contributed by atoms with Crippen LogP contribution in [0.3, 0.4) is 0 Å². The van der Waals surface area contributed by atoms with Crippen LogP contribution in [0.25, 0.3) is 22.3 Å². The van der Waals surface area contributed by atoms with Crippen molar-refractivity contribution in [1.82, 2.24) is 39.0 Å². The molecular formula is C20H30N10O23P6. The van der Waals surface area contributed by atoms with Crippen LogP contribution in [0.1, 0.15) is 25.3 Å². The number of aromatic nitrogens is 8. The lowest BCUT2D eigenvalue weighted by atomic mass is 10.2. The van der Waals surface area contributed by atoms with Crippen LogP contribution in [0, 0.1) is 0 Å². The molecule has 39 heteroatoms. The van der Waals surface area contributed by atoms with Gasteiger partial charge in [-0.3, -0.25) is 22.7 Å². The molecule has 59 heavy (non-hydrogen) atoms. The average molecular weight is 964 g/mol. The first-order chi connectivity index (χ1) is 27.2. The second kappa shape index (κ2) is 16.9. The highest BCUT2D eigenvalue weighted by Gasteiger charge is 2.49. The highest BCUT2D eigenvalue weighted by atomic mass is 31.3. The van der Waals surface area contributed by atoms with Crippen molar-refractivity contribution >= 4 is 80.9 Å². The van der Waals surface area contributed by atoms with Crippen molar-refractivity contribution in [3.63, 3.8) is 0 Å². The monoisotopic (exact) mass is 964 g/mol. The van der Waals surface area contributed by atoms with Crippen LogP contribution in [-0.4, -0.2) is 116 Å². The van der Waals surface area contributed by atoms with E-state index in [2.05, 4.69) is 56.2 Å². The predicted molar refractivity (Wildman–Crippen MR) is 185 cm³/mol. The normalized spacial score (nSPS) is 27.9. The molecule has 6 heterocycles. The molecule has 4 aromatic rings. The number of aliphatic hydroxyl groups excluding tert-OH is 1. The second-order valence-electron chi connectivity index (χ2n) is 11.9. The molecule has 0 spiro atoms. The fraction of sp³-hybridized carbons (Fsp3) is 0.500. The molecule has 33 nitrogen and oxygen atoms in total. The second-order valence-corrected chi connectivity index (χ2v) is 20.9. The Labute approximate surface area is 326 Å². The van der Waals surface area contributed by atoms with Gasteiger partial charge in [-0.15, -0.1) is 0 Å². The summed E-state index contributed by atoms with van der Waals surface area (Å²) in [6, 6.07) is 0. The van der Waals surface area contributed by atoms with Crippen LogP contribution in [0.4, 0.5) is 11.6 Å². The fourth-order valence-corrected chi connectivity index (χ4v) is 12.2. The summed E-state index contributed by atoms with van der Waals surface area (Å²) in [6.07, 6.45) is -4.93. The van der Waals surface area contributed by atoms with Crippen LogP contribution >= 0.6 is 46.9 Å². The fourth-order valence-electron chi connectivity index (χ4n) is 5.46. The lowest BCUT2D eigenvalue weighted by Gasteiger charge is -2.23. The van der Waals surface area contributed by atoms with Crippen LogP contribution in [0.15, 0.2) is 25.3 Å². The van der Waals surface area contributed by atoms with E-state index in [0.717, 1.165) is 23.5 Å². The zero-order chi connectivity index (χ0) is 43.3. The maximum atomic E-state index is 13.0. The number of imidazole rings is 2. The maximum Gasteiger partial charge on any atom is 0.490 e. The summed E-state index contributed by atoms with van der Waals surface area (Å²) in [5.41, 5.74) is 12.0. The van der Waals surface area contributed by atoms with Crippen molar-refractivity contribution in [3.8, 4) is 0 Å². The van der Waals surface area contributed by atoms with Crippen molar-refractivity contribution in [1.29, 1.82) is 0 Å². The first-order valence-corrected chi connectivity index (χ1v) is 24.6. The Morgan fingerprint density at radius 1 is 0.610 bits per heavy atom. The maximum absolute atomic E-state index is 13.0. The number of phosphoric ester groups is 3. The van der Waals surface area contributed by atoms with Crippen LogP contribution < -0.4 is 11.5 Å². The molecule has 2 fully saturated rings. The van der Waals surface area contributed by atoms with E-state index in [9.17, 15) is 57.0 Å². The molecule has 328 valence electrons. The minimum absolute atomic E-state index is 0.00573. The summed E-state index contributed by atoms with van der Waals surface area (Å²) >= 11 is 0. The average Bonchev–Trinajstić information content (AvgIpc) is 3.85. The van der Waals surface area contributed by atoms with Crippen LogP contribution in [-0.2, 0) is 67.7 Å². The van der Waals surface area contributed by atoms with E-state index in [1.165, 1.54) is 10.9 Å². The van der Waals surface area contributed by atoms with Gasteiger partial charge in [-0.25, -0.2) is 57.3 Å². The molecule has 4 aromatic heterocycles. The Hall–Kier alpha value is -2.60. The highest BCUT2D eigenvalue weighted by Crippen LogP contribution is 2.69. The summed E-state index contributed by atoms with van der Waals surface area (Å²) in [5, 5.41) is 10.5. The summed E-state index contributed by atoms with van der Waals surface area (Å²) in [4.78, 5) is 91.3. The Morgan fingerprint density at radius 3 is 1.56 bits per heavy atom. The quantitative estimate of drug-likeness (QED) is 0.0579. The predicted octanol–water partition coefficient (Wildman–Crippen LogP) is -0.154. The molecule has 0 aromatic carbocycles. The lowest BCUT2D eigenvalue weighted by Crippen LogP contribution is -2.28. The van der Waals surface area contributed by atoms with E-state index in [1.807, 2.05) is 0 Å². The summed E-state index contributed by atoms with van der Waals surface area (Å²) in [7, 11) is -35.3. The molecular weight excluding hydrogens is 934 g/mol. The molecule has 6 rings (SSSR count). The molecule has 2 aliphatic heterocycles. The largest absolute Gasteiger partial charge is 0.490 e. The Kier molecular flexibility index (Phi) is 13.2. The van der Waals surface area contributed by atoms with Gasteiger partial charge < -0.3 is 60.3 Å². The SMILES string of the molecule is Nc1ncnc2c1ncn2[C@H]1C[C@H](OP(=O)(O)OP(=O)(O)OP(=O)(O)OC[C@H]2O[C@@H](n3cnc4c(N)ncnc43)C[C@@H]2O)[C@@H](COP(=O)(O)OP(=O)(O)OP(=O)(O)O)O1. The number of ether oxygens (including phenoxy) is 2. The van der Waals surface area contributed by atoms with Gasteiger partial charge in [0.25, 0.3) is 0 Å². The van der Waals surface area contributed by atoms with Gasteiger partial charge in [0.2, 0.25) is 0 Å². The Morgan fingerprint density at radius 2 is 1.05 bits per heavy atom. The third kappa shape index (κ3) is 11.7. The van der Waals surface area contributed by atoms with Crippen molar-refractivity contribution in [2.75, 3.05) is 24.7 Å². The third-order valence-electron chi connectivity index (χ3n) is 7.68. The number of nitrogens with zero attached hydrogens (tertiary/aromatic N) is 8. The zero-order valence-electron chi connectivity index (χ0n) is 28.7. The molecule has 0 saturated carbocycles. The van der Waals surface area contributed by atoms with Gasteiger partial charge in [-0.1, -0.05) is 0 Å². The first-order valence-electron chi connectivity index (χ1n) is 15.6. The van der Waals surface area contributed by atoms with E-state index in [4.69, 9.17) is 35.3 Å². The third-order valence-corrected chi connectivity index (χ3v) is 15.8.